The molecule has 0 unspecified atom stereocenters. The van der Waals surface area contributed by atoms with Crippen LogP contribution in [-0.2, 0) is 6.54 Å². The average Bonchev–Trinajstić information content (AvgIpc) is 2.23. The zero-order chi connectivity index (χ0) is 10.7. The van der Waals surface area contributed by atoms with Gasteiger partial charge in [0, 0.05) is 32.5 Å². The summed E-state index contributed by atoms with van der Waals surface area (Å²) in [6.45, 7) is 1.75. The van der Waals surface area contributed by atoms with Gasteiger partial charge >= 0.3 is 0 Å². The van der Waals surface area contributed by atoms with E-state index in [2.05, 4.69) is 11.0 Å². The molecule has 1 aromatic rings. The second kappa shape index (κ2) is 4.27. The summed E-state index contributed by atoms with van der Waals surface area (Å²) in [4.78, 5) is 2.08. The smallest absolute Gasteiger partial charge is 0.250 e. The molecule has 1 radical (unpaired) electrons. The van der Waals surface area contributed by atoms with E-state index in [4.69, 9.17) is 0 Å². The van der Waals surface area contributed by atoms with E-state index in [9.17, 15) is 8.78 Å². The quantitative estimate of drug-likeness (QED) is 0.725. The van der Waals surface area contributed by atoms with Crippen molar-refractivity contribution in [2.75, 3.05) is 13.1 Å². The Morgan fingerprint density at radius 3 is 2.40 bits per heavy atom. The molecule has 0 saturated carbocycles. The van der Waals surface area contributed by atoms with Crippen LogP contribution in [0.5, 0.6) is 0 Å². The largest absolute Gasteiger partial charge is 0.299 e. The van der Waals surface area contributed by atoms with Gasteiger partial charge in [-0.25, -0.2) is 8.78 Å². The van der Waals surface area contributed by atoms with Gasteiger partial charge < -0.3 is 0 Å². The molecule has 0 aromatic heterocycles. The van der Waals surface area contributed by atoms with Crippen molar-refractivity contribution < 1.29 is 8.78 Å². The first-order valence-corrected chi connectivity index (χ1v) is 5.21. The van der Waals surface area contributed by atoms with Crippen LogP contribution in [0.2, 0.25) is 0 Å². The maximum absolute atomic E-state index is 12.9. The Bertz CT molecular complexity index is 301. The maximum Gasteiger partial charge on any atom is 0.250 e. The van der Waals surface area contributed by atoms with Gasteiger partial charge in [-0.05, 0) is 11.6 Å². The SMILES string of the molecule is FC1(F)CCN(Cc2cc[c]cc2)CC1. The average molecular weight is 210 g/mol. The second-order valence-corrected chi connectivity index (χ2v) is 4.04. The Balaban J connectivity index is 1.88. The van der Waals surface area contributed by atoms with Gasteiger partial charge in [-0.2, -0.15) is 0 Å². The second-order valence-electron chi connectivity index (χ2n) is 4.04. The van der Waals surface area contributed by atoms with Crippen molar-refractivity contribution in [3.8, 4) is 0 Å². The highest BCUT2D eigenvalue weighted by atomic mass is 19.3. The molecule has 0 spiro atoms. The van der Waals surface area contributed by atoms with Crippen LogP contribution >= 0.6 is 0 Å². The summed E-state index contributed by atoms with van der Waals surface area (Å²) in [7, 11) is 0. The summed E-state index contributed by atoms with van der Waals surface area (Å²) in [6, 6.07) is 10.6. The fourth-order valence-electron chi connectivity index (χ4n) is 1.82. The number of piperidine rings is 1. The third-order valence-electron chi connectivity index (χ3n) is 2.78. The molecule has 0 bridgehead atoms. The molecule has 1 saturated heterocycles. The van der Waals surface area contributed by atoms with Gasteiger partial charge in [-0.3, -0.25) is 4.90 Å². The molecule has 1 aliphatic rings. The molecule has 1 heterocycles. The number of nitrogens with zero attached hydrogens (tertiary/aromatic N) is 1. The highest BCUT2D eigenvalue weighted by Crippen LogP contribution is 2.28. The summed E-state index contributed by atoms with van der Waals surface area (Å²) in [5.41, 5.74) is 1.17. The van der Waals surface area contributed by atoms with Crippen molar-refractivity contribution in [1.29, 1.82) is 0 Å². The van der Waals surface area contributed by atoms with E-state index in [1.165, 1.54) is 5.56 Å². The number of hydrogen-bond donors (Lipinski definition) is 0. The lowest BCUT2D eigenvalue weighted by Crippen LogP contribution is -2.38. The zero-order valence-corrected chi connectivity index (χ0v) is 8.55. The van der Waals surface area contributed by atoms with Crippen molar-refractivity contribution in [3.05, 3.63) is 35.9 Å². The Morgan fingerprint density at radius 1 is 1.20 bits per heavy atom. The molecule has 0 amide bonds. The Morgan fingerprint density at radius 2 is 1.80 bits per heavy atom. The summed E-state index contributed by atoms with van der Waals surface area (Å²) in [6.07, 6.45) is -0.0160. The monoisotopic (exact) mass is 210 g/mol. The van der Waals surface area contributed by atoms with Gasteiger partial charge in [0.2, 0.25) is 0 Å². The first-order chi connectivity index (χ1) is 7.16. The molecule has 0 atom stereocenters. The van der Waals surface area contributed by atoms with E-state index in [0.717, 1.165) is 6.54 Å². The summed E-state index contributed by atoms with van der Waals surface area (Å²) in [5, 5.41) is 0. The minimum Gasteiger partial charge on any atom is -0.299 e. The van der Waals surface area contributed by atoms with Crippen LogP contribution in [0.3, 0.4) is 0 Å². The van der Waals surface area contributed by atoms with Gasteiger partial charge in [0.05, 0.1) is 0 Å². The predicted octanol–water partition coefficient (Wildman–Crippen LogP) is 2.72. The minimum absolute atomic E-state index is 0.00798. The molecular weight excluding hydrogens is 196 g/mol. The molecule has 1 fully saturated rings. The van der Waals surface area contributed by atoms with Crippen LogP contribution in [0.1, 0.15) is 18.4 Å². The van der Waals surface area contributed by atoms with Crippen LogP contribution in [0.4, 0.5) is 8.78 Å². The number of rotatable bonds is 2. The molecule has 1 aliphatic heterocycles. The van der Waals surface area contributed by atoms with E-state index in [1.54, 1.807) is 0 Å². The molecule has 81 valence electrons. The first kappa shape index (κ1) is 10.6. The van der Waals surface area contributed by atoms with Crippen molar-refractivity contribution >= 4 is 0 Å². The highest BCUT2D eigenvalue weighted by molar-refractivity contribution is 5.13. The lowest BCUT2D eigenvalue weighted by Gasteiger charge is -2.31. The Labute approximate surface area is 88.7 Å². The van der Waals surface area contributed by atoms with E-state index in [-0.39, 0.29) is 12.8 Å². The van der Waals surface area contributed by atoms with Gasteiger partial charge in [-0.1, -0.05) is 24.3 Å². The summed E-state index contributed by atoms with van der Waals surface area (Å²) < 4.78 is 25.8. The standard InChI is InChI=1S/C12H14F2N/c13-12(14)6-8-15(9-7-12)10-11-4-2-1-3-5-11/h2-5H,6-10H2. The van der Waals surface area contributed by atoms with E-state index < -0.39 is 5.92 Å². The van der Waals surface area contributed by atoms with Gasteiger partial charge in [-0.15, -0.1) is 0 Å². The first-order valence-electron chi connectivity index (χ1n) is 5.21. The Hall–Kier alpha value is -0.960. The van der Waals surface area contributed by atoms with Crippen LogP contribution < -0.4 is 0 Å². The molecule has 1 nitrogen and oxygen atoms in total. The lowest BCUT2D eigenvalue weighted by molar-refractivity contribution is -0.0566. The fraction of sp³-hybridized carbons (Fsp3) is 0.500. The lowest BCUT2D eigenvalue weighted by atomic mass is 10.1. The van der Waals surface area contributed by atoms with Crippen LogP contribution in [-0.4, -0.2) is 23.9 Å². The number of hydrogen-bond acceptors (Lipinski definition) is 1. The van der Waals surface area contributed by atoms with E-state index >= 15 is 0 Å². The highest BCUT2D eigenvalue weighted by Gasteiger charge is 2.33. The Kier molecular flexibility index (Phi) is 3.00. The number of halogens is 2. The van der Waals surface area contributed by atoms with Crippen LogP contribution in [0, 0.1) is 6.07 Å². The molecule has 0 aliphatic carbocycles. The van der Waals surface area contributed by atoms with Gasteiger partial charge in [0.15, 0.2) is 0 Å². The third-order valence-corrected chi connectivity index (χ3v) is 2.78. The van der Waals surface area contributed by atoms with Crippen molar-refractivity contribution in [2.24, 2.45) is 0 Å². The molecule has 15 heavy (non-hydrogen) atoms. The normalized spacial score (nSPS) is 21.5. The number of alkyl halides is 2. The molecule has 0 N–H and O–H groups in total. The van der Waals surface area contributed by atoms with Crippen molar-refractivity contribution in [1.82, 2.24) is 4.90 Å². The van der Waals surface area contributed by atoms with Crippen molar-refractivity contribution in [3.63, 3.8) is 0 Å². The molecular formula is C12H14F2N. The summed E-state index contributed by atoms with van der Waals surface area (Å²) >= 11 is 0. The number of likely N-dealkylation sites (tertiary alicyclic amines) is 1. The van der Waals surface area contributed by atoms with Gasteiger partial charge in [0.25, 0.3) is 5.92 Å². The fourth-order valence-corrected chi connectivity index (χ4v) is 1.82. The van der Waals surface area contributed by atoms with Crippen LogP contribution in [0.15, 0.2) is 24.3 Å². The van der Waals surface area contributed by atoms with Crippen LogP contribution in [0.25, 0.3) is 0 Å². The third kappa shape index (κ3) is 2.99. The molecule has 2 rings (SSSR count). The minimum atomic E-state index is -2.44. The molecule has 1 aromatic carbocycles. The summed E-state index contributed by atoms with van der Waals surface area (Å²) in [5.74, 6) is -2.44. The van der Waals surface area contributed by atoms with E-state index in [1.807, 2.05) is 24.3 Å². The topological polar surface area (TPSA) is 3.24 Å². The molecule has 3 heteroatoms. The van der Waals surface area contributed by atoms with E-state index in [0.29, 0.717) is 13.1 Å². The van der Waals surface area contributed by atoms with Gasteiger partial charge in [0.1, 0.15) is 0 Å². The number of benzene rings is 1. The maximum atomic E-state index is 12.9. The zero-order valence-electron chi connectivity index (χ0n) is 8.55. The predicted molar refractivity (Wildman–Crippen MR) is 54.7 cm³/mol. The van der Waals surface area contributed by atoms with Crippen molar-refractivity contribution in [2.45, 2.75) is 25.3 Å².